The number of amides is 1. The SMILES string of the molecule is O=C(Nc1ccc(C(F)(F)F)cc1)C1CCCN(Cc2nc(-c3ccc(Cl)cc3Cl)no2)C1. The fourth-order valence-electron chi connectivity index (χ4n) is 3.69. The smallest absolute Gasteiger partial charge is 0.338 e. The first-order valence-electron chi connectivity index (χ1n) is 10.2. The van der Waals surface area contributed by atoms with Crippen molar-refractivity contribution in [1.82, 2.24) is 15.0 Å². The summed E-state index contributed by atoms with van der Waals surface area (Å²) in [6.45, 7) is 1.58. The van der Waals surface area contributed by atoms with Crippen molar-refractivity contribution in [2.45, 2.75) is 25.6 Å². The maximum atomic E-state index is 12.7. The third-order valence-corrected chi connectivity index (χ3v) is 5.90. The van der Waals surface area contributed by atoms with Crippen molar-refractivity contribution in [2.75, 3.05) is 18.4 Å². The quantitative estimate of drug-likeness (QED) is 0.473. The number of halogens is 5. The zero-order valence-corrected chi connectivity index (χ0v) is 18.7. The van der Waals surface area contributed by atoms with Crippen LogP contribution in [0.4, 0.5) is 18.9 Å². The van der Waals surface area contributed by atoms with Crippen molar-refractivity contribution in [1.29, 1.82) is 0 Å². The molecule has 0 spiro atoms. The molecule has 1 aromatic heterocycles. The molecule has 1 unspecified atom stereocenters. The number of aromatic nitrogens is 2. The van der Waals surface area contributed by atoms with Crippen molar-refractivity contribution in [2.24, 2.45) is 5.92 Å². The number of carbonyl (C=O) groups is 1. The summed E-state index contributed by atoms with van der Waals surface area (Å²) >= 11 is 12.1. The van der Waals surface area contributed by atoms with E-state index >= 15 is 0 Å². The topological polar surface area (TPSA) is 71.3 Å². The fourth-order valence-corrected chi connectivity index (χ4v) is 4.18. The van der Waals surface area contributed by atoms with Gasteiger partial charge in [0.25, 0.3) is 0 Å². The summed E-state index contributed by atoms with van der Waals surface area (Å²) in [5.41, 5.74) is 0.165. The van der Waals surface area contributed by atoms with Gasteiger partial charge in [-0.3, -0.25) is 9.69 Å². The molecule has 174 valence electrons. The van der Waals surface area contributed by atoms with Gasteiger partial charge < -0.3 is 9.84 Å². The molecular weight excluding hydrogens is 480 g/mol. The van der Waals surface area contributed by atoms with Crippen LogP contribution in [0.3, 0.4) is 0 Å². The van der Waals surface area contributed by atoms with Gasteiger partial charge in [-0.15, -0.1) is 0 Å². The molecule has 2 aromatic carbocycles. The van der Waals surface area contributed by atoms with Gasteiger partial charge in [-0.05, 0) is 61.9 Å². The largest absolute Gasteiger partial charge is 0.416 e. The highest BCUT2D eigenvalue weighted by molar-refractivity contribution is 6.36. The molecule has 33 heavy (non-hydrogen) atoms. The van der Waals surface area contributed by atoms with Gasteiger partial charge in [-0.2, -0.15) is 18.2 Å². The van der Waals surface area contributed by atoms with Crippen LogP contribution in [0.25, 0.3) is 11.4 Å². The zero-order chi connectivity index (χ0) is 23.6. The Hall–Kier alpha value is -2.62. The molecule has 6 nitrogen and oxygen atoms in total. The lowest BCUT2D eigenvalue weighted by molar-refractivity contribution is -0.137. The minimum absolute atomic E-state index is 0.237. The average molecular weight is 499 g/mol. The lowest BCUT2D eigenvalue weighted by atomic mass is 9.97. The predicted molar refractivity (Wildman–Crippen MR) is 118 cm³/mol. The number of likely N-dealkylation sites (tertiary alicyclic amines) is 1. The van der Waals surface area contributed by atoms with Crippen LogP contribution in [0.2, 0.25) is 10.0 Å². The Balaban J connectivity index is 1.36. The number of rotatable bonds is 5. The third-order valence-electron chi connectivity index (χ3n) is 5.36. The van der Waals surface area contributed by atoms with E-state index in [1.54, 1.807) is 18.2 Å². The second-order valence-electron chi connectivity index (χ2n) is 7.77. The van der Waals surface area contributed by atoms with E-state index in [1.165, 1.54) is 12.1 Å². The first-order chi connectivity index (χ1) is 15.7. The van der Waals surface area contributed by atoms with Gasteiger partial charge in [0.1, 0.15) is 0 Å². The van der Waals surface area contributed by atoms with Gasteiger partial charge in [0, 0.05) is 22.8 Å². The van der Waals surface area contributed by atoms with Gasteiger partial charge in [0.15, 0.2) is 0 Å². The Morgan fingerprint density at radius 2 is 1.94 bits per heavy atom. The summed E-state index contributed by atoms with van der Waals surface area (Å²) in [5.74, 6) is 0.188. The summed E-state index contributed by atoms with van der Waals surface area (Å²) in [6.07, 6.45) is -2.95. The van der Waals surface area contributed by atoms with Gasteiger partial charge in [0.05, 0.1) is 23.0 Å². The molecule has 0 radical (unpaired) electrons. The molecule has 1 saturated heterocycles. The van der Waals surface area contributed by atoms with E-state index in [4.69, 9.17) is 27.7 Å². The molecule has 1 amide bonds. The summed E-state index contributed by atoms with van der Waals surface area (Å²) in [5, 5.41) is 7.59. The van der Waals surface area contributed by atoms with Crippen molar-refractivity contribution < 1.29 is 22.5 Å². The van der Waals surface area contributed by atoms with E-state index in [0.29, 0.717) is 52.5 Å². The Bertz CT molecular complexity index is 1140. The molecule has 1 atom stereocenters. The zero-order valence-electron chi connectivity index (χ0n) is 17.2. The molecule has 3 aromatic rings. The van der Waals surface area contributed by atoms with E-state index in [2.05, 4.69) is 15.5 Å². The Labute approximate surface area is 197 Å². The van der Waals surface area contributed by atoms with E-state index in [9.17, 15) is 18.0 Å². The van der Waals surface area contributed by atoms with Crippen LogP contribution in [0.15, 0.2) is 47.0 Å². The van der Waals surface area contributed by atoms with Crippen LogP contribution in [0.1, 0.15) is 24.3 Å². The van der Waals surface area contributed by atoms with E-state index in [-0.39, 0.29) is 11.8 Å². The Morgan fingerprint density at radius 1 is 1.18 bits per heavy atom. The average Bonchev–Trinajstić information content (AvgIpc) is 3.21. The van der Waals surface area contributed by atoms with Crippen LogP contribution in [-0.4, -0.2) is 34.0 Å². The molecule has 11 heteroatoms. The molecule has 0 bridgehead atoms. The highest BCUT2D eigenvalue weighted by atomic mass is 35.5. The van der Waals surface area contributed by atoms with Crippen molar-refractivity contribution >= 4 is 34.8 Å². The number of hydrogen-bond acceptors (Lipinski definition) is 5. The van der Waals surface area contributed by atoms with Crippen LogP contribution in [-0.2, 0) is 17.5 Å². The second-order valence-corrected chi connectivity index (χ2v) is 8.62. The minimum atomic E-state index is -4.42. The molecule has 1 N–H and O–H groups in total. The Morgan fingerprint density at radius 3 is 2.64 bits per heavy atom. The fraction of sp³-hybridized carbons (Fsp3) is 0.318. The standard InChI is InChI=1S/C22H19Cl2F3N4O2/c23-15-5-8-17(18(24)10-15)20-29-19(33-30-20)12-31-9-1-2-13(11-31)21(32)28-16-6-3-14(4-7-16)22(25,26)27/h3-8,10,13H,1-2,9,11-12H2,(H,28,32). The van der Waals surface area contributed by atoms with Gasteiger partial charge in [0.2, 0.25) is 17.6 Å². The lowest BCUT2D eigenvalue weighted by Gasteiger charge is -2.30. The third kappa shape index (κ3) is 5.85. The minimum Gasteiger partial charge on any atom is -0.338 e. The van der Waals surface area contributed by atoms with Gasteiger partial charge in [-0.1, -0.05) is 28.4 Å². The van der Waals surface area contributed by atoms with Crippen molar-refractivity contribution in [3.63, 3.8) is 0 Å². The summed E-state index contributed by atoms with van der Waals surface area (Å²) in [6, 6.07) is 9.39. The number of hydrogen-bond donors (Lipinski definition) is 1. The maximum absolute atomic E-state index is 12.7. The molecule has 1 fully saturated rings. The van der Waals surface area contributed by atoms with E-state index in [0.717, 1.165) is 25.1 Å². The first kappa shape index (κ1) is 23.5. The lowest BCUT2D eigenvalue weighted by Crippen LogP contribution is -2.40. The van der Waals surface area contributed by atoms with Gasteiger partial charge in [-0.25, -0.2) is 0 Å². The number of piperidine rings is 1. The van der Waals surface area contributed by atoms with Crippen LogP contribution >= 0.6 is 23.2 Å². The van der Waals surface area contributed by atoms with E-state index < -0.39 is 11.7 Å². The normalized spacial score (nSPS) is 17.2. The van der Waals surface area contributed by atoms with Gasteiger partial charge >= 0.3 is 6.18 Å². The molecule has 1 aliphatic heterocycles. The maximum Gasteiger partial charge on any atom is 0.416 e. The number of carbonyl (C=O) groups excluding carboxylic acids is 1. The monoisotopic (exact) mass is 498 g/mol. The molecule has 0 aliphatic carbocycles. The summed E-state index contributed by atoms with van der Waals surface area (Å²) in [7, 11) is 0. The first-order valence-corrected chi connectivity index (χ1v) is 10.9. The highest BCUT2D eigenvalue weighted by Crippen LogP contribution is 2.31. The number of anilines is 1. The predicted octanol–water partition coefficient (Wildman–Crippen LogP) is 5.91. The second kappa shape index (κ2) is 9.70. The molecule has 4 rings (SSSR count). The summed E-state index contributed by atoms with van der Waals surface area (Å²) in [4.78, 5) is 19.1. The van der Waals surface area contributed by atoms with E-state index in [1.807, 2.05) is 4.90 Å². The molecule has 0 saturated carbocycles. The van der Waals surface area contributed by atoms with Crippen LogP contribution in [0.5, 0.6) is 0 Å². The van der Waals surface area contributed by atoms with Crippen molar-refractivity contribution in [3.8, 4) is 11.4 Å². The number of benzene rings is 2. The number of alkyl halides is 3. The van der Waals surface area contributed by atoms with Crippen LogP contribution < -0.4 is 5.32 Å². The number of nitrogens with one attached hydrogen (secondary N) is 1. The highest BCUT2D eigenvalue weighted by Gasteiger charge is 2.30. The molecular formula is C22H19Cl2F3N4O2. The summed E-state index contributed by atoms with van der Waals surface area (Å²) < 4.78 is 43.5. The number of nitrogens with zero attached hydrogens (tertiary/aromatic N) is 3. The van der Waals surface area contributed by atoms with Crippen molar-refractivity contribution in [3.05, 3.63) is 64.0 Å². The van der Waals surface area contributed by atoms with Crippen LogP contribution in [0, 0.1) is 5.92 Å². The molecule has 1 aliphatic rings. The Kier molecular flexibility index (Phi) is 6.92. The molecule has 2 heterocycles.